The van der Waals surface area contributed by atoms with Gasteiger partial charge >= 0.3 is 6.09 Å². The number of rotatable bonds is 5. The molecular weight excluding hydrogens is 274 g/mol. The van der Waals surface area contributed by atoms with Gasteiger partial charge in [-0.15, -0.1) is 0 Å². The third-order valence-electron chi connectivity index (χ3n) is 2.72. The van der Waals surface area contributed by atoms with Crippen LogP contribution in [-0.2, 0) is 16.1 Å². The molecule has 8 nitrogen and oxygen atoms in total. The minimum absolute atomic E-state index is 0.0302. The Kier molecular flexibility index (Phi) is 4.86. The van der Waals surface area contributed by atoms with Crippen molar-refractivity contribution in [2.24, 2.45) is 0 Å². The van der Waals surface area contributed by atoms with Gasteiger partial charge in [0, 0.05) is 7.05 Å². The average Bonchev–Trinajstić information content (AvgIpc) is 3.04. The zero-order valence-corrected chi connectivity index (χ0v) is 11.4. The van der Waals surface area contributed by atoms with E-state index in [1.54, 1.807) is 24.3 Å². The van der Waals surface area contributed by atoms with Crippen LogP contribution in [0, 0.1) is 0 Å². The van der Waals surface area contributed by atoms with Gasteiger partial charge in [-0.2, -0.15) is 15.4 Å². The van der Waals surface area contributed by atoms with Crippen LogP contribution in [0.4, 0.5) is 4.79 Å². The van der Waals surface area contributed by atoms with E-state index in [2.05, 4.69) is 26.0 Å². The molecule has 0 spiro atoms. The Morgan fingerprint density at radius 3 is 2.71 bits per heavy atom. The highest BCUT2D eigenvalue weighted by molar-refractivity contribution is 5.86. The summed E-state index contributed by atoms with van der Waals surface area (Å²) in [5, 5.41) is 14.8. The summed E-state index contributed by atoms with van der Waals surface area (Å²) in [6.45, 7) is -0.0302. The van der Waals surface area contributed by atoms with E-state index in [1.807, 2.05) is 6.07 Å². The van der Waals surface area contributed by atoms with Gasteiger partial charge in [-0.3, -0.25) is 4.79 Å². The Morgan fingerprint density at radius 1 is 1.33 bits per heavy atom. The molecule has 0 aliphatic heterocycles. The lowest BCUT2D eigenvalue weighted by Gasteiger charge is -2.17. The van der Waals surface area contributed by atoms with Gasteiger partial charge in [0.05, 0.1) is 6.20 Å². The first-order chi connectivity index (χ1) is 10.2. The topological polar surface area (TPSA) is 109 Å². The second-order valence-corrected chi connectivity index (χ2v) is 4.14. The SMILES string of the molecule is CNC(=O)[C@H](NC(=O)OCc1cn[nH]n1)c1ccccc1. The van der Waals surface area contributed by atoms with E-state index in [-0.39, 0.29) is 12.5 Å². The molecule has 1 heterocycles. The molecule has 0 unspecified atom stereocenters. The van der Waals surface area contributed by atoms with Crippen LogP contribution in [0.5, 0.6) is 0 Å². The first kappa shape index (κ1) is 14.5. The number of aromatic nitrogens is 3. The Bertz CT molecular complexity index is 585. The summed E-state index contributed by atoms with van der Waals surface area (Å²) in [6.07, 6.45) is 0.733. The van der Waals surface area contributed by atoms with Crippen molar-refractivity contribution < 1.29 is 14.3 Å². The molecule has 8 heteroatoms. The summed E-state index contributed by atoms with van der Waals surface area (Å²) < 4.78 is 4.98. The summed E-state index contributed by atoms with van der Waals surface area (Å²) >= 11 is 0. The first-order valence-corrected chi connectivity index (χ1v) is 6.25. The molecule has 1 atom stereocenters. The number of nitrogens with one attached hydrogen (secondary N) is 3. The zero-order chi connectivity index (χ0) is 15.1. The van der Waals surface area contributed by atoms with Crippen LogP contribution in [0.3, 0.4) is 0 Å². The molecule has 2 amide bonds. The number of nitrogens with zero attached hydrogens (tertiary/aromatic N) is 2. The molecule has 0 bridgehead atoms. The van der Waals surface area contributed by atoms with Gasteiger partial charge in [-0.25, -0.2) is 4.79 Å². The van der Waals surface area contributed by atoms with Gasteiger partial charge in [0.15, 0.2) is 0 Å². The number of H-pyrrole nitrogens is 1. The number of aromatic amines is 1. The number of amides is 2. The van der Waals surface area contributed by atoms with Crippen LogP contribution < -0.4 is 10.6 Å². The maximum Gasteiger partial charge on any atom is 0.408 e. The highest BCUT2D eigenvalue weighted by Gasteiger charge is 2.22. The number of likely N-dealkylation sites (N-methyl/N-ethyl adjacent to an activating group) is 1. The molecule has 110 valence electrons. The molecule has 0 radical (unpaired) electrons. The van der Waals surface area contributed by atoms with E-state index >= 15 is 0 Å². The van der Waals surface area contributed by atoms with Gasteiger partial charge in [-0.1, -0.05) is 30.3 Å². The third kappa shape index (κ3) is 4.03. The molecular formula is C13H15N5O3. The minimum atomic E-state index is -0.819. The molecule has 0 fully saturated rings. The van der Waals surface area contributed by atoms with Crippen molar-refractivity contribution in [1.82, 2.24) is 26.0 Å². The van der Waals surface area contributed by atoms with Crippen molar-refractivity contribution >= 4 is 12.0 Å². The molecule has 2 rings (SSSR count). The lowest BCUT2D eigenvalue weighted by atomic mass is 10.1. The Balaban J connectivity index is 1.98. The summed E-state index contributed by atoms with van der Waals surface area (Å²) in [6, 6.07) is 8.07. The molecule has 21 heavy (non-hydrogen) atoms. The number of benzene rings is 1. The number of ether oxygens (including phenoxy) is 1. The second-order valence-electron chi connectivity index (χ2n) is 4.14. The smallest absolute Gasteiger partial charge is 0.408 e. The quantitative estimate of drug-likeness (QED) is 0.743. The lowest BCUT2D eigenvalue weighted by Crippen LogP contribution is -2.39. The predicted octanol–water partition coefficient (Wildman–Crippen LogP) is 0.518. The Labute approximate surface area is 120 Å². The standard InChI is InChI=1S/C13H15N5O3/c1-14-12(19)11(9-5-3-2-4-6-9)16-13(20)21-8-10-7-15-18-17-10/h2-7,11H,8H2,1H3,(H,14,19)(H,16,20)(H,15,17,18)/t11-/m1/s1. The molecule has 0 saturated heterocycles. The van der Waals surface area contributed by atoms with E-state index < -0.39 is 12.1 Å². The average molecular weight is 289 g/mol. The van der Waals surface area contributed by atoms with Crippen LogP contribution in [0.2, 0.25) is 0 Å². The van der Waals surface area contributed by atoms with Crippen molar-refractivity contribution in [2.45, 2.75) is 12.6 Å². The minimum Gasteiger partial charge on any atom is -0.443 e. The van der Waals surface area contributed by atoms with Gasteiger partial charge in [-0.05, 0) is 5.56 Å². The predicted molar refractivity (Wildman–Crippen MR) is 73.0 cm³/mol. The monoisotopic (exact) mass is 289 g/mol. The number of hydrogen-bond acceptors (Lipinski definition) is 5. The summed E-state index contributed by atoms with van der Waals surface area (Å²) in [5.41, 5.74) is 1.15. The summed E-state index contributed by atoms with van der Waals surface area (Å²) in [5.74, 6) is -0.334. The normalized spacial score (nSPS) is 11.5. The number of carbonyl (C=O) groups is 2. The fourth-order valence-corrected chi connectivity index (χ4v) is 1.68. The van der Waals surface area contributed by atoms with Gasteiger partial charge in [0.25, 0.3) is 0 Å². The number of alkyl carbamates (subject to hydrolysis) is 1. The van der Waals surface area contributed by atoms with E-state index in [0.717, 1.165) is 0 Å². The second kappa shape index (κ2) is 7.04. The van der Waals surface area contributed by atoms with Crippen molar-refractivity contribution in [1.29, 1.82) is 0 Å². The van der Waals surface area contributed by atoms with E-state index in [1.165, 1.54) is 13.2 Å². The molecule has 0 aliphatic rings. The van der Waals surface area contributed by atoms with Gasteiger partial charge < -0.3 is 15.4 Å². The Hall–Kier alpha value is -2.90. The third-order valence-corrected chi connectivity index (χ3v) is 2.72. The number of carbonyl (C=O) groups excluding carboxylic acids is 2. The molecule has 1 aromatic carbocycles. The molecule has 0 aliphatic carbocycles. The van der Waals surface area contributed by atoms with E-state index in [0.29, 0.717) is 11.3 Å². The van der Waals surface area contributed by atoms with Gasteiger partial charge in [0.1, 0.15) is 18.3 Å². The highest BCUT2D eigenvalue weighted by atomic mass is 16.5. The van der Waals surface area contributed by atoms with E-state index in [9.17, 15) is 9.59 Å². The molecule has 3 N–H and O–H groups in total. The van der Waals surface area contributed by atoms with Crippen molar-refractivity contribution in [3.05, 3.63) is 47.8 Å². The van der Waals surface area contributed by atoms with Crippen LogP contribution >= 0.6 is 0 Å². The van der Waals surface area contributed by atoms with Crippen molar-refractivity contribution in [3.8, 4) is 0 Å². The number of hydrogen-bond donors (Lipinski definition) is 3. The van der Waals surface area contributed by atoms with Crippen LogP contribution in [-0.4, -0.2) is 34.5 Å². The van der Waals surface area contributed by atoms with Crippen LogP contribution in [0.1, 0.15) is 17.3 Å². The maximum atomic E-state index is 11.9. The zero-order valence-electron chi connectivity index (χ0n) is 11.4. The summed E-state index contributed by atoms with van der Waals surface area (Å²) in [4.78, 5) is 23.6. The van der Waals surface area contributed by atoms with Crippen molar-refractivity contribution in [2.75, 3.05) is 7.05 Å². The lowest BCUT2D eigenvalue weighted by molar-refractivity contribution is -0.122. The van der Waals surface area contributed by atoms with Crippen LogP contribution in [0.25, 0.3) is 0 Å². The Morgan fingerprint density at radius 2 is 2.10 bits per heavy atom. The summed E-state index contributed by atoms with van der Waals surface area (Å²) in [7, 11) is 1.50. The fraction of sp³-hybridized carbons (Fsp3) is 0.231. The molecule has 1 aromatic heterocycles. The fourth-order valence-electron chi connectivity index (χ4n) is 1.68. The maximum absolute atomic E-state index is 11.9. The van der Waals surface area contributed by atoms with Crippen molar-refractivity contribution in [3.63, 3.8) is 0 Å². The first-order valence-electron chi connectivity index (χ1n) is 6.25. The van der Waals surface area contributed by atoms with Crippen LogP contribution in [0.15, 0.2) is 36.5 Å². The van der Waals surface area contributed by atoms with E-state index in [4.69, 9.17) is 4.74 Å². The highest BCUT2D eigenvalue weighted by Crippen LogP contribution is 2.12. The molecule has 0 saturated carbocycles. The largest absolute Gasteiger partial charge is 0.443 e. The van der Waals surface area contributed by atoms with Gasteiger partial charge in [0.2, 0.25) is 5.91 Å². The molecule has 2 aromatic rings.